The highest BCUT2D eigenvalue weighted by molar-refractivity contribution is 5.77. The topological polar surface area (TPSA) is 75.6 Å². The van der Waals surface area contributed by atoms with Gasteiger partial charge in [-0.2, -0.15) is 5.26 Å². The molecule has 2 aromatic rings. The summed E-state index contributed by atoms with van der Waals surface area (Å²) in [6.07, 6.45) is 0. The van der Waals surface area contributed by atoms with E-state index >= 15 is 0 Å². The minimum Gasteiger partial charge on any atom is -0.381 e. The highest BCUT2D eigenvalue weighted by Gasteiger charge is 2.04. The highest BCUT2D eigenvalue weighted by Crippen LogP contribution is 2.15. The van der Waals surface area contributed by atoms with E-state index in [-0.39, 0.29) is 11.5 Å². The Balaban J connectivity index is 2.82. The molecule has 0 saturated carbocycles. The van der Waals surface area contributed by atoms with Crippen LogP contribution >= 0.6 is 0 Å². The van der Waals surface area contributed by atoms with Crippen molar-refractivity contribution < 1.29 is 0 Å². The molecular formula is C10H8N4. The Hall–Kier alpha value is -2.15. The van der Waals surface area contributed by atoms with E-state index in [9.17, 15) is 0 Å². The molecule has 0 spiro atoms. The average Bonchev–Trinajstić information content (AvgIpc) is 2.17. The van der Waals surface area contributed by atoms with Crippen LogP contribution in [0.2, 0.25) is 0 Å². The molecule has 0 unspecified atom stereocenters. The Kier molecular flexibility index (Phi) is 1.79. The summed E-state index contributed by atoms with van der Waals surface area (Å²) in [5, 5.41) is 8.71. The number of aryl methyl sites for hydroxylation is 1. The Morgan fingerprint density at radius 3 is 2.79 bits per heavy atom. The van der Waals surface area contributed by atoms with Gasteiger partial charge in [0.2, 0.25) is 0 Å². The predicted octanol–water partition coefficient (Wildman–Crippen LogP) is 1.39. The first-order chi connectivity index (χ1) is 6.70. The van der Waals surface area contributed by atoms with E-state index in [4.69, 9.17) is 11.0 Å². The van der Waals surface area contributed by atoms with Crippen LogP contribution in [0.1, 0.15) is 11.3 Å². The van der Waals surface area contributed by atoms with E-state index in [1.165, 1.54) is 0 Å². The average molecular weight is 184 g/mol. The number of nitrogens with two attached hydrogens (primary N) is 1. The smallest absolute Gasteiger partial charge is 0.183 e. The van der Waals surface area contributed by atoms with Crippen LogP contribution in [0.3, 0.4) is 0 Å². The van der Waals surface area contributed by atoms with Crippen LogP contribution in [-0.4, -0.2) is 9.97 Å². The van der Waals surface area contributed by atoms with Gasteiger partial charge in [-0.25, -0.2) is 9.97 Å². The molecular weight excluding hydrogens is 176 g/mol. The number of nitrogens with zero attached hydrogens (tertiary/aromatic N) is 3. The molecule has 2 rings (SSSR count). The zero-order valence-electron chi connectivity index (χ0n) is 7.65. The first kappa shape index (κ1) is 8.45. The molecule has 14 heavy (non-hydrogen) atoms. The molecule has 1 aromatic carbocycles. The van der Waals surface area contributed by atoms with Crippen molar-refractivity contribution in [2.24, 2.45) is 0 Å². The maximum Gasteiger partial charge on any atom is 0.183 e. The third-order valence-corrected chi connectivity index (χ3v) is 1.95. The number of fused-ring (bicyclic) bond motifs is 1. The van der Waals surface area contributed by atoms with Crippen molar-refractivity contribution in [1.29, 1.82) is 5.26 Å². The molecule has 68 valence electrons. The molecule has 4 nitrogen and oxygen atoms in total. The largest absolute Gasteiger partial charge is 0.381 e. The third kappa shape index (κ3) is 1.25. The first-order valence-electron chi connectivity index (χ1n) is 4.14. The maximum absolute atomic E-state index is 8.71. The molecule has 2 N–H and O–H groups in total. The molecule has 0 amide bonds. The lowest BCUT2D eigenvalue weighted by Crippen LogP contribution is -1.98. The second-order valence-corrected chi connectivity index (χ2v) is 3.06. The SMILES string of the molecule is Cc1ccc2nc(N)c(C#N)nc2c1. The second kappa shape index (κ2) is 2.96. The normalized spacial score (nSPS) is 10.0. The number of rotatable bonds is 0. The number of nitriles is 1. The standard InChI is InChI=1S/C10H8N4/c1-6-2-3-7-8(4-6)13-9(5-11)10(12)14-7/h2-4H,1H3,(H2,12,14). The van der Waals surface area contributed by atoms with Crippen molar-refractivity contribution >= 4 is 16.9 Å². The fourth-order valence-corrected chi connectivity index (χ4v) is 1.26. The fourth-order valence-electron chi connectivity index (χ4n) is 1.26. The van der Waals surface area contributed by atoms with Crippen molar-refractivity contribution in [2.45, 2.75) is 6.92 Å². The first-order valence-corrected chi connectivity index (χ1v) is 4.14. The van der Waals surface area contributed by atoms with E-state index in [0.29, 0.717) is 11.0 Å². The van der Waals surface area contributed by atoms with Crippen molar-refractivity contribution in [3.63, 3.8) is 0 Å². The Labute approximate surface area is 81.0 Å². The van der Waals surface area contributed by atoms with Gasteiger partial charge in [-0.1, -0.05) is 6.07 Å². The van der Waals surface area contributed by atoms with Gasteiger partial charge in [0, 0.05) is 0 Å². The molecule has 0 aliphatic carbocycles. The van der Waals surface area contributed by atoms with Crippen LogP contribution < -0.4 is 5.73 Å². The van der Waals surface area contributed by atoms with Gasteiger partial charge in [-0.05, 0) is 24.6 Å². The molecule has 0 saturated heterocycles. The second-order valence-electron chi connectivity index (χ2n) is 3.06. The number of benzene rings is 1. The van der Waals surface area contributed by atoms with Gasteiger partial charge in [0.05, 0.1) is 11.0 Å². The summed E-state index contributed by atoms with van der Waals surface area (Å²) in [5.41, 5.74) is 8.23. The van der Waals surface area contributed by atoms with Gasteiger partial charge in [0.1, 0.15) is 6.07 Å². The van der Waals surface area contributed by atoms with Crippen LogP contribution in [-0.2, 0) is 0 Å². The van der Waals surface area contributed by atoms with Crippen LogP contribution in [0.5, 0.6) is 0 Å². The van der Waals surface area contributed by atoms with Crippen LogP contribution in [0.25, 0.3) is 11.0 Å². The van der Waals surface area contributed by atoms with Gasteiger partial charge in [0.25, 0.3) is 0 Å². The summed E-state index contributed by atoms with van der Waals surface area (Å²) in [5.74, 6) is 0.184. The maximum atomic E-state index is 8.71. The Bertz CT molecular complexity index is 540. The van der Waals surface area contributed by atoms with E-state index < -0.39 is 0 Å². The molecule has 0 fully saturated rings. The van der Waals surface area contributed by atoms with Gasteiger partial charge >= 0.3 is 0 Å². The zero-order valence-corrected chi connectivity index (χ0v) is 7.65. The highest BCUT2D eigenvalue weighted by atomic mass is 14.9. The monoisotopic (exact) mass is 184 g/mol. The lowest BCUT2D eigenvalue weighted by Gasteiger charge is -2.00. The molecule has 1 heterocycles. The summed E-state index contributed by atoms with van der Waals surface area (Å²) in [6.45, 7) is 1.96. The van der Waals surface area contributed by atoms with Crippen LogP contribution in [0.4, 0.5) is 5.82 Å². The number of nitrogen functional groups attached to an aromatic ring is 1. The van der Waals surface area contributed by atoms with E-state index in [0.717, 1.165) is 5.56 Å². The summed E-state index contributed by atoms with van der Waals surface area (Å²) < 4.78 is 0. The van der Waals surface area contributed by atoms with Crippen molar-refractivity contribution in [3.05, 3.63) is 29.5 Å². The minimum atomic E-state index is 0.183. The summed E-state index contributed by atoms with van der Waals surface area (Å²) >= 11 is 0. The molecule has 0 atom stereocenters. The molecule has 1 aromatic heterocycles. The quantitative estimate of drug-likeness (QED) is 0.671. The van der Waals surface area contributed by atoms with E-state index in [2.05, 4.69) is 9.97 Å². The van der Waals surface area contributed by atoms with Crippen molar-refractivity contribution in [1.82, 2.24) is 9.97 Å². The molecule has 4 heteroatoms. The zero-order chi connectivity index (χ0) is 10.1. The lowest BCUT2D eigenvalue weighted by atomic mass is 10.2. The number of anilines is 1. The molecule has 0 radical (unpaired) electrons. The van der Waals surface area contributed by atoms with Gasteiger partial charge in [-0.3, -0.25) is 0 Å². The lowest BCUT2D eigenvalue weighted by molar-refractivity contribution is 1.24. The van der Waals surface area contributed by atoms with Gasteiger partial charge in [-0.15, -0.1) is 0 Å². The van der Waals surface area contributed by atoms with E-state index in [1.807, 2.05) is 31.2 Å². The fraction of sp³-hybridized carbons (Fsp3) is 0.100. The molecule has 0 aliphatic heterocycles. The Morgan fingerprint density at radius 2 is 2.07 bits per heavy atom. The minimum absolute atomic E-state index is 0.183. The van der Waals surface area contributed by atoms with E-state index in [1.54, 1.807) is 0 Å². The number of hydrogen-bond donors (Lipinski definition) is 1. The van der Waals surface area contributed by atoms with Crippen molar-refractivity contribution in [3.8, 4) is 6.07 Å². The molecule has 0 bridgehead atoms. The third-order valence-electron chi connectivity index (χ3n) is 1.95. The van der Waals surface area contributed by atoms with Gasteiger partial charge < -0.3 is 5.73 Å². The number of hydrogen-bond acceptors (Lipinski definition) is 4. The summed E-state index contributed by atoms with van der Waals surface area (Å²) in [6, 6.07) is 7.56. The van der Waals surface area contributed by atoms with Gasteiger partial charge in [0.15, 0.2) is 11.5 Å². The number of aromatic nitrogens is 2. The summed E-state index contributed by atoms with van der Waals surface area (Å²) in [7, 11) is 0. The van der Waals surface area contributed by atoms with Crippen LogP contribution in [0, 0.1) is 18.3 Å². The Morgan fingerprint density at radius 1 is 1.29 bits per heavy atom. The van der Waals surface area contributed by atoms with Crippen LogP contribution in [0.15, 0.2) is 18.2 Å². The molecule has 0 aliphatic rings. The van der Waals surface area contributed by atoms with Crippen molar-refractivity contribution in [2.75, 3.05) is 5.73 Å². The summed E-state index contributed by atoms with van der Waals surface area (Å²) in [4.78, 5) is 8.19. The predicted molar refractivity (Wildman–Crippen MR) is 53.4 cm³/mol.